The molecule has 0 saturated carbocycles. The number of carbonyl (C=O) groups is 3. The highest BCUT2D eigenvalue weighted by Gasteiger charge is 2.46. The van der Waals surface area contributed by atoms with E-state index in [2.05, 4.69) is 53.5 Å². The van der Waals surface area contributed by atoms with Gasteiger partial charge in [0.2, 0.25) is 11.9 Å². The number of hydrogen-bond acceptors (Lipinski definition) is 12. The minimum atomic E-state index is -5.04. The third kappa shape index (κ3) is 11.8. The van der Waals surface area contributed by atoms with E-state index in [1.807, 2.05) is 18.7 Å². The molecule has 1 atom stereocenters. The summed E-state index contributed by atoms with van der Waals surface area (Å²) in [5.74, 6) is -3.11. The first-order valence-corrected chi connectivity index (χ1v) is 25.4. The molecule has 0 radical (unpaired) electrons. The van der Waals surface area contributed by atoms with Crippen molar-refractivity contribution in [2.75, 3.05) is 69.5 Å². The number of urea groups is 1. The van der Waals surface area contributed by atoms with Crippen molar-refractivity contribution < 1.29 is 51.0 Å². The first-order chi connectivity index (χ1) is 35.4. The van der Waals surface area contributed by atoms with Gasteiger partial charge >= 0.3 is 12.2 Å². The molecule has 4 aliphatic heterocycles. The quantitative estimate of drug-likeness (QED) is 0.0530. The Morgan fingerprint density at radius 3 is 2.11 bits per heavy atom. The SMILES string of the molecule is Cc1c([C@@H](NC(=O)Nc2cnc(NCCCC(=O)N3CCC(N4CCN(C5CCN(Cc6ccc7c(c6)CN(C(=O)c6cc(C(C)C)c(O)cc6O)C7)CC5)CC4)CC3)nc2)C(F)(F)F)oc2c(F)cc(F)cc12. The number of phenolic OH excluding ortho intramolecular Hbond substituents is 2. The number of halogens is 5. The fraction of sp³-hybridized carbons (Fsp3) is 0.491. The molecule has 3 saturated heterocycles. The molecule has 21 heteroatoms. The summed E-state index contributed by atoms with van der Waals surface area (Å²) in [7, 11) is 0. The zero-order valence-electron chi connectivity index (χ0n) is 41.8. The van der Waals surface area contributed by atoms with E-state index in [-0.39, 0.29) is 57.4 Å². The van der Waals surface area contributed by atoms with Crippen LogP contribution in [0.1, 0.15) is 108 Å². The third-order valence-electron chi connectivity index (χ3n) is 15.1. The molecule has 0 aliphatic carbocycles. The average molecular weight is 1030 g/mol. The van der Waals surface area contributed by atoms with Gasteiger partial charge in [0.1, 0.15) is 23.1 Å². The zero-order chi connectivity index (χ0) is 52.4. The number of amides is 4. The van der Waals surface area contributed by atoms with Crippen LogP contribution in [0.15, 0.2) is 59.3 Å². The smallest absolute Gasteiger partial charge is 0.416 e. The van der Waals surface area contributed by atoms with E-state index in [9.17, 15) is 46.5 Å². The number of hydrogen-bond donors (Lipinski definition) is 5. The Morgan fingerprint density at radius 1 is 0.811 bits per heavy atom. The molecule has 6 heterocycles. The predicted octanol–water partition coefficient (Wildman–Crippen LogP) is 8.39. The Balaban J connectivity index is 0.643. The van der Waals surface area contributed by atoms with Gasteiger partial charge in [-0.25, -0.2) is 23.5 Å². The fourth-order valence-corrected chi connectivity index (χ4v) is 11.0. The number of likely N-dealkylation sites (tertiary alicyclic amines) is 2. The summed E-state index contributed by atoms with van der Waals surface area (Å²) >= 11 is 0. The number of anilines is 2. The molecule has 4 aliphatic rings. The number of furan rings is 1. The topological polar surface area (TPSA) is 183 Å². The maximum atomic E-state index is 14.3. The van der Waals surface area contributed by atoms with Crippen LogP contribution in [-0.4, -0.2) is 140 Å². The molecule has 3 aromatic carbocycles. The molecule has 0 unspecified atom stereocenters. The molecule has 5 aromatic rings. The molecule has 4 amide bonds. The van der Waals surface area contributed by atoms with Crippen LogP contribution in [0.4, 0.5) is 38.4 Å². The van der Waals surface area contributed by atoms with E-state index in [1.54, 1.807) is 16.3 Å². The number of piperidine rings is 2. The summed E-state index contributed by atoms with van der Waals surface area (Å²) in [4.78, 5) is 59.0. The lowest BCUT2D eigenvalue weighted by Crippen LogP contribution is -2.56. The van der Waals surface area contributed by atoms with Gasteiger partial charge in [0.25, 0.3) is 5.91 Å². The van der Waals surface area contributed by atoms with Crippen molar-refractivity contribution in [1.29, 1.82) is 0 Å². The lowest BCUT2D eigenvalue weighted by molar-refractivity contribution is -0.158. The Hall–Kier alpha value is -6.58. The fourth-order valence-electron chi connectivity index (χ4n) is 11.0. The van der Waals surface area contributed by atoms with Gasteiger partial charge in [-0.15, -0.1) is 0 Å². The summed E-state index contributed by atoms with van der Waals surface area (Å²) in [5.41, 5.74) is 3.59. The van der Waals surface area contributed by atoms with Crippen LogP contribution >= 0.6 is 0 Å². The summed E-state index contributed by atoms with van der Waals surface area (Å²) < 4.78 is 75.4. The lowest BCUT2D eigenvalue weighted by Gasteiger charge is -2.46. The zero-order valence-corrected chi connectivity index (χ0v) is 41.8. The molecular weight excluding hydrogens is 968 g/mol. The normalized spacial score (nSPS) is 18.0. The van der Waals surface area contributed by atoms with Gasteiger partial charge in [0, 0.05) is 107 Å². The number of phenols is 2. The van der Waals surface area contributed by atoms with Crippen LogP contribution in [0.2, 0.25) is 0 Å². The number of aromatic hydroxyl groups is 2. The standard InChI is InChI=1S/C53H63F5N10O6/c1-31(2)40-24-42(45(70)25-44(40)69)50(72)68-29-34-7-6-33(21-35(34)30-68)28-64-13-8-38(9-14-64)65-17-19-66(20-18-65)39-10-15-67(16-11-39)46(71)5-4-12-59-51-60-26-37(27-61-51)62-52(73)63-49(53(56,57)58)47-32(3)41-22-36(54)23-43(55)48(41)74-47/h6-7,21-27,31,38-39,49,69-70H,4-5,8-20,28-30H2,1-3H3,(H,59,60,61)(H2,62,63,73)/t49-/m1/s1. The molecule has 396 valence electrons. The highest BCUT2D eigenvalue weighted by molar-refractivity contribution is 5.97. The van der Waals surface area contributed by atoms with Crippen LogP contribution in [0.25, 0.3) is 11.0 Å². The summed E-state index contributed by atoms with van der Waals surface area (Å²) in [6, 6.07) is 7.82. The van der Waals surface area contributed by atoms with Gasteiger partial charge in [0.05, 0.1) is 23.6 Å². The number of rotatable bonds is 14. The maximum absolute atomic E-state index is 14.3. The largest absolute Gasteiger partial charge is 0.508 e. The Kier molecular flexibility index (Phi) is 15.6. The van der Waals surface area contributed by atoms with Gasteiger partial charge in [-0.1, -0.05) is 32.0 Å². The van der Waals surface area contributed by atoms with Gasteiger partial charge in [-0.05, 0) is 92.4 Å². The maximum Gasteiger partial charge on any atom is 0.416 e. The van der Waals surface area contributed by atoms with E-state index >= 15 is 0 Å². The van der Waals surface area contributed by atoms with Crippen molar-refractivity contribution in [2.24, 2.45) is 0 Å². The number of benzene rings is 3. The molecule has 9 rings (SSSR count). The van der Waals surface area contributed by atoms with E-state index in [0.717, 1.165) is 88.7 Å². The van der Waals surface area contributed by atoms with Gasteiger partial charge in [0.15, 0.2) is 17.4 Å². The van der Waals surface area contributed by atoms with Crippen molar-refractivity contribution >= 4 is 40.5 Å². The summed E-state index contributed by atoms with van der Waals surface area (Å²) in [6.07, 6.45) is 2.35. The molecule has 0 bridgehead atoms. The first-order valence-electron chi connectivity index (χ1n) is 25.4. The van der Waals surface area contributed by atoms with E-state index in [0.29, 0.717) is 69.3 Å². The molecular formula is C53H63F5N10O6. The number of fused-ring (bicyclic) bond motifs is 2. The van der Waals surface area contributed by atoms with Gasteiger partial charge < -0.3 is 40.4 Å². The van der Waals surface area contributed by atoms with E-state index in [1.165, 1.54) is 30.9 Å². The number of piperazine rings is 1. The monoisotopic (exact) mass is 1030 g/mol. The van der Waals surface area contributed by atoms with Crippen molar-refractivity contribution in [3.63, 3.8) is 0 Å². The number of nitrogens with one attached hydrogen (secondary N) is 3. The molecule has 16 nitrogen and oxygen atoms in total. The Bertz CT molecular complexity index is 2840. The minimum absolute atomic E-state index is 0.00617. The number of alkyl halides is 3. The second-order valence-electron chi connectivity index (χ2n) is 20.3. The molecule has 2 aromatic heterocycles. The van der Waals surface area contributed by atoms with Crippen LogP contribution in [0.3, 0.4) is 0 Å². The van der Waals surface area contributed by atoms with E-state index in [4.69, 9.17) is 4.42 Å². The van der Waals surface area contributed by atoms with Crippen molar-refractivity contribution in [2.45, 2.75) is 109 Å². The van der Waals surface area contributed by atoms with E-state index < -0.39 is 41.2 Å². The van der Waals surface area contributed by atoms with Crippen molar-refractivity contribution in [3.05, 3.63) is 106 Å². The summed E-state index contributed by atoms with van der Waals surface area (Å²) in [6.45, 7) is 14.9. The van der Waals surface area contributed by atoms with Crippen LogP contribution < -0.4 is 16.0 Å². The number of carbonyl (C=O) groups excluding carboxylic acids is 3. The molecule has 5 N–H and O–H groups in total. The number of aromatic nitrogens is 2. The second-order valence-corrected chi connectivity index (χ2v) is 20.3. The Morgan fingerprint density at radius 2 is 1.46 bits per heavy atom. The highest BCUT2D eigenvalue weighted by Crippen LogP contribution is 2.40. The Labute approximate surface area is 425 Å². The first kappa shape index (κ1) is 52.3. The second kappa shape index (κ2) is 22.1. The highest BCUT2D eigenvalue weighted by atomic mass is 19.4. The predicted molar refractivity (Wildman–Crippen MR) is 267 cm³/mol. The third-order valence-corrected chi connectivity index (χ3v) is 15.1. The number of aryl methyl sites for hydroxylation is 1. The van der Waals surface area contributed by atoms with Gasteiger partial charge in [-0.2, -0.15) is 13.2 Å². The van der Waals surface area contributed by atoms with Crippen LogP contribution in [0.5, 0.6) is 11.5 Å². The number of nitrogens with zero attached hydrogens (tertiary/aromatic N) is 7. The summed E-state index contributed by atoms with van der Waals surface area (Å²) in [5, 5.41) is 27.7. The minimum Gasteiger partial charge on any atom is -0.508 e. The van der Waals surface area contributed by atoms with Crippen molar-refractivity contribution in [3.8, 4) is 11.5 Å². The van der Waals surface area contributed by atoms with Gasteiger partial charge in [-0.3, -0.25) is 24.3 Å². The van der Waals surface area contributed by atoms with Crippen molar-refractivity contribution in [1.82, 2.24) is 39.8 Å². The van der Waals surface area contributed by atoms with Crippen LogP contribution in [-0.2, 0) is 24.4 Å². The molecule has 74 heavy (non-hydrogen) atoms. The van der Waals surface area contributed by atoms with Crippen LogP contribution in [0, 0.1) is 18.6 Å². The average Bonchev–Trinajstić information content (AvgIpc) is 3.95. The molecule has 3 fully saturated rings. The lowest BCUT2D eigenvalue weighted by atomic mass is 9.98. The molecule has 0 spiro atoms.